The molecule has 0 atom stereocenters. The number of nitrogens with zero attached hydrogens (tertiary/aromatic N) is 1. The summed E-state index contributed by atoms with van der Waals surface area (Å²) in [6, 6.07) is 15.9. The zero-order chi connectivity index (χ0) is 14.7. The van der Waals surface area contributed by atoms with Crippen molar-refractivity contribution in [1.29, 1.82) is 0 Å². The molecule has 3 rings (SSSR count). The zero-order valence-electron chi connectivity index (χ0n) is 11.7. The van der Waals surface area contributed by atoms with Crippen molar-refractivity contribution in [2.45, 2.75) is 19.6 Å². The average Bonchev–Trinajstić information content (AvgIpc) is 2.53. The van der Waals surface area contributed by atoms with E-state index in [0.717, 1.165) is 23.3 Å². The van der Waals surface area contributed by atoms with Crippen molar-refractivity contribution < 1.29 is 14.6 Å². The van der Waals surface area contributed by atoms with Crippen LogP contribution < -0.4 is 4.74 Å². The number of amides is 1. The van der Waals surface area contributed by atoms with Crippen LogP contribution in [-0.2, 0) is 19.6 Å². The minimum absolute atomic E-state index is 0.438. The Morgan fingerprint density at radius 3 is 2.71 bits per heavy atom. The van der Waals surface area contributed by atoms with E-state index in [0.29, 0.717) is 19.7 Å². The van der Waals surface area contributed by atoms with Crippen LogP contribution in [-0.4, -0.2) is 22.6 Å². The Morgan fingerprint density at radius 2 is 1.95 bits per heavy atom. The van der Waals surface area contributed by atoms with Gasteiger partial charge < -0.3 is 14.7 Å². The Hall–Kier alpha value is -2.49. The van der Waals surface area contributed by atoms with Gasteiger partial charge in [-0.2, -0.15) is 0 Å². The van der Waals surface area contributed by atoms with Gasteiger partial charge in [-0.1, -0.05) is 36.4 Å². The third-order valence-corrected chi connectivity index (χ3v) is 3.71. The summed E-state index contributed by atoms with van der Waals surface area (Å²) in [4.78, 5) is 12.5. The molecule has 0 saturated heterocycles. The number of ether oxygens (including phenoxy) is 1. The molecule has 2 aromatic carbocycles. The van der Waals surface area contributed by atoms with Gasteiger partial charge in [0.15, 0.2) is 0 Å². The van der Waals surface area contributed by atoms with Crippen LogP contribution in [0.15, 0.2) is 48.5 Å². The van der Waals surface area contributed by atoms with Gasteiger partial charge in [0.25, 0.3) is 0 Å². The van der Waals surface area contributed by atoms with E-state index in [1.807, 2.05) is 48.5 Å². The van der Waals surface area contributed by atoms with Crippen molar-refractivity contribution in [3.05, 3.63) is 65.2 Å². The molecule has 0 unspecified atom stereocenters. The van der Waals surface area contributed by atoms with E-state index < -0.39 is 6.09 Å². The molecule has 1 amide bonds. The fourth-order valence-electron chi connectivity index (χ4n) is 2.53. The summed E-state index contributed by atoms with van der Waals surface area (Å²) >= 11 is 0. The van der Waals surface area contributed by atoms with Crippen molar-refractivity contribution in [1.82, 2.24) is 4.90 Å². The summed E-state index contributed by atoms with van der Waals surface area (Å²) < 4.78 is 5.79. The summed E-state index contributed by atoms with van der Waals surface area (Å²) in [5.74, 6) is 0.782. The molecular weight excluding hydrogens is 266 g/mol. The summed E-state index contributed by atoms with van der Waals surface area (Å²) in [6.07, 6.45) is -0.100. The van der Waals surface area contributed by atoms with E-state index in [1.54, 1.807) is 0 Å². The molecule has 0 saturated carbocycles. The van der Waals surface area contributed by atoms with Gasteiger partial charge in [0.1, 0.15) is 12.4 Å². The van der Waals surface area contributed by atoms with Crippen molar-refractivity contribution in [3.8, 4) is 5.75 Å². The first-order chi connectivity index (χ1) is 10.2. The number of carboxylic acid groups (broad SMARTS) is 1. The lowest BCUT2D eigenvalue weighted by Crippen LogP contribution is -2.34. The number of hydrogen-bond acceptors (Lipinski definition) is 2. The first-order valence-electron chi connectivity index (χ1n) is 6.99. The second-order valence-electron chi connectivity index (χ2n) is 5.16. The normalized spacial score (nSPS) is 13.6. The molecule has 1 N–H and O–H groups in total. The summed E-state index contributed by atoms with van der Waals surface area (Å²) in [5.41, 5.74) is 3.36. The molecule has 1 aliphatic heterocycles. The SMILES string of the molecule is O=C(O)N1CCc2ccc(OCc3ccccc3)cc2C1. The summed E-state index contributed by atoms with van der Waals surface area (Å²) in [7, 11) is 0. The Kier molecular flexibility index (Phi) is 3.77. The molecule has 0 radical (unpaired) electrons. The van der Waals surface area contributed by atoms with Gasteiger partial charge in [0.2, 0.25) is 0 Å². The van der Waals surface area contributed by atoms with Crippen molar-refractivity contribution in [3.63, 3.8) is 0 Å². The maximum Gasteiger partial charge on any atom is 0.407 e. The molecule has 1 heterocycles. The zero-order valence-corrected chi connectivity index (χ0v) is 11.7. The van der Waals surface area contributed by atoms with Gasteiger partial charge in [-0.3, -0.25) is 0 Å². The standard InChI is InChI=1S/C17H17NO3/c19-17(20)18-9-8-14-6-7-16(10-15(14)11-18)21-12-13-4-2-1-3-5-13/h1-7,10H,8-9,11-12H2,(H,19,20). The summed E-state index contributed by atoms with van der Waals surface area (Å²) in [6.45, 7) is 1.52. The van der Waals surface area contributed by atoms with Crippen LogP contribution in [0.25, 0.3) is 0 Å². The molecule has 0 bridgehead atoms. The van der Waals surface area contributed by atoms with Gasteiger partial charge in [0, 0.05) is 13.1 Å². The highest BCUT2D eigenvalue weighted by atomic mass is 16.5. The van der Waals surface area contributed by atoms with Crippen LogP contribution >= 0.6 is 0 Å². The van der Waals surface area contributed by atoms with Crippen LogP contribution in [0.3, 0.4) is 0 Å². The van der Waals surface area contributed by atoms with Crippen LogP contribution in [0.1, 0.15) is 16.7 Å². The van der Waals surface area contributed by atoms with Gasteiger partial charge in [0.05, 0.1) is 0 Å². The highest BCUT2D eigenvalue weighted by Crippen LogP contribution is 2.24. The first-order valence-corrected chi connectivity index (χ1v) is 6.99. The molecule has 21 heavy (non-hydrogen) atoms. The number of hydrogen-bond donors (Lipinski definition) is 1. The monoisotopic (exact) mass is 283 g/mol. The lowest BCUT2D eigenvalue weighted by atomic mass is 10.00. The van der Waals surface area contributed by atoms with Crippen LogP contribution in [0, 0.1) is 0 Å². The molecule has 0 spiro atoms. The maximum atomic E-state index is 11.1. The molecule has 0 fully saturated rings. The lowest BCUT2D eigenvalue weighted by molar-refractivity contribution is 0.140. The first kappa shape index (κ1) is 13.5. The minimum Gasteiger partial charge on any atom is -0.489 e. The second kappa shape index (κ2) is 5.87. The van der Waals surface area contributed by atoms with E-state index in [-0.39, 0.29) is 0 Å². The topological polar surface area (TPSA) is 49.8 Å². The molecular formula is C17H17NO3. The largest absolute Gasteiger partial charge is 0.489 e. The molecule has 108 valence electrons. The van der Waals surface area contributed by atoms with E-state index in [9.17, 15) is 4.79 Å². The number of benzene rings is 2. The van der Waals surface area contributed by atoms with Crippen molar-refractivity contribution >= 4 is 6.09 Å². The fraction of sp³-hybridized carbons (Fsp3) is 0.235. The molecule has 4 nitrogen and oxygen atoms in total. The molecule has 0 aliphatic carbocycles. The predicted molar refractivity (Wildman–Crippen MR) is 79.4 cm³/mol. The Balaban J connectivity index is 1.71. The lowest BCUT2D eigenvalue weighted by Gasteiger charge is -2.26. The smallest absolute Gasteiger partial charge is 0.407 e. The molecule has 0 aromatic heterocycles. The fourth-order valence-corrected chi connectivity index (χ4v) is 2.53. The summed E-state index contributed by atoms with van der Waals surface area (Å²) in [5, 5.41) is 9.08. The van der Waals surface area contributed by atoms with E-state index in [2.05, 4.69) is 0 Å². The third-order valence-electron chi connectivity index (χ3n) is 3.71. The van der Waals surface area contributed by atoms with Crippen LogP contribution in [0.4, 0.5) is 4.79 Å². The number of carbonyl (C=O) groups is 1. The van der Waals surface area contributed by atoms with E-state index in [1.165, 1.54) is 10.5 Å². The molecule has 4 heteroatoms. The quantitative estimate of drug-likeness (QED) is 0.940. The van der Waals surface area contributed by atoms with Crippen LogP contribution in [0.2, 0.25) is 0 Å². The van der Waals surface area contributed by atoms with E-state index >= 15 is 0 Å². The number of rotatable bonds is 3. The van der Waals surface area contributed by atoms with Crippen LogP contribution in [0.5, 0.6) is 5.75 Å². The minimum atomic E-state index is -0.865. The second-order valence-corrected chi connectivity index (χ2v) is 5.16. The predicted octanol–water partition coefficient (Wildman–Crippen LogP) is 3.30. The highest BCUT2D eigenvalue weighted by Gasteiger charge is 2.20. The Morgan fingerprint density at radius 1 is 1.14 bits per heavy atom. The maximum absolute atomic E-state index is 11.1. The van der Waals surface area contributed by atoms with Gasteiger partial charge in [-0.05, 0) is 35.2 Å². The average molecular weight is 283 g/mol. The van der Waals surface area contributed by atoms with Crippen molar-refractivity contribution in [2.75, 3.05) is 6.54 Å². The highest BCUT2D eigenvalue weighted by molar-refractivity contribution is 5.65. The van der Waals surface area contributed by atoms with E-state index in [4.69, 9.17) is 9.84 Å². The van der Waals surface area contributed by atoms with Gasteiger partial charge in [-0.25, -0.2) is 4.79 Å². The number of fused-ring (bicyclic) bond motifs is 1. The Labute approximate surface area is 123 Å². The van der Waals surface area contributed by atoms with Crippen molar-refractivity contribution in [2.24, 2.45) is 0 Å². The van der Waals surface area contributed by atoms with Gasteiger partial charge >= 0.3 is 6.09 Å². The Bertz CT molecular complexity index is 640. The third kappa shape index (κ3) is 3.16. The van der Waals surface area contributed by atoms with Gasteiger partial charge in [-0.15, -0.1) is 0 Å². The molecule has 2 aromatic rings. The molecule has 1 aliphatic rings.